The fraction of sp³-hybridized carbons (Fsp3) is 0.250. The Morgan fingerprint density at radius 1 is 1.24 bits per heavy atom. The van der Waals surface area contributed by atoms with E-state index >= 15 is 0 Å². The molecule has 0 spiro atoms. The second kappa shape index (κ2) is 6.26. The van der Waals surface area contributed by atoms with Crippen molar-refractivity contribution in [2.45, 2.75) is 13.8 Å². The topological polar surface area (TPSA) is 48.3 Å². The second-order valence-electron chi connectivity index (χ2n) is 4.85. The van der Waals surface area contributed by atoms with E-state index in [1.54, 1.807) is 18.2 Å². The van der Waals surface area contributed by atoms with Crippen LogP contribution in [0, 0.1) is 13.8 Å². The normalized spacial score (nSPS) is 10.5. The zero-order chi connectivity index (χ0) is 15.6. The number of halogens is 1. The molecule has 0 saturated carbocycles. The van der Waals surface area contributed by atoms with Crippen molar-refractivity contribution in [3.05, 3.63) is 57.3 Å². The number of nitrogens with zero attached hydrogens (tertiary/aromatic N) is 1. The van der Waals surface area contributed by atoms with E-state index in [1.165, 1.54) is 0 Å². The molecule has 0 N–H and O–H groups in total. The van der Waals surface area contributed by atoms with Crippen LogP contribution in [0.4, 0.5) is 0 Å². The van der Waals surface area contributed by atoms with E-state index in [-0.39, 0.29) is 12.4 Å². The average Bonchev–Trinajstić information content (AvgIpc) is 2.72. The Hall–Kier alpha value is -1.88. The molecule has 1 aromatic heterocycles. The molecule has 0 atom stereocenters. The number of hydrogen-bond acceptors (Lipinski definition) is 3. The Morgan fingerprint density at radius 3 is 2.52 bits per heavy atom. The van der Waals surface area contributed by atoms with Crippen LogP contribution in [-0.2, 0) is 11.8 Å². The smallest absolute Gasteiger partial charge is 0.338 e. The molecule has 2 aromatic rings. The predicted octanol–water partition coefficient (Wildman–Crippen LogP) is 3.44. The van der Waals surface area contributed by atoms with Crippen molar-refractivity contribution in [3.8, 4) is 0 Å². The molecule has 1 heterocycles. The first kappa shape index (κ1) is 15.5. The van der Waals surface area contributed by atoms with Crippen LogP contribution in [0.15, 0.2) is 34.8 Å². The van der Waals surface area contributed by atoms with Crippen LogP contribution in [0.3, 0.4) is 0 Å². The summed E-state index contributed by atoms with van der Waals surface area (Å²) in [6.07, 6.45) is 0. The molecule has 4 nitrogen and oxygen atoms in total. The number of ketones is 1. The lowest BCUT2D eigenvalue weighted by Crippen LogP contribution is -2.15. The lowest BCUT2D eigenvalue weighted by atomic mass is 10.1. The molecule has 2 rings (SSSR count). The number of benzene rings is 1. The summed E-state index contributed by atoms with van der Waals surface area (Å²) in [5.74, 6) is -0.700. The molecule has 110 valence electrons. The van der Waals surface area contributed by atoms with Gasteiger partial charge in [-0.1, -0.05) is 22.0 Å². The van der Waals surface area contributed by atoms with Crippen LogP contribution >= 0.6 is 15.9 Å². The first-order chi connectivity index (χ1) is 9.90. The summed E-state index contributed by atoms with van der Waals surface area (Å²) in [7, 11) is 1.90. The van der Waals surface area contributed by atoms with Crippen molar-refractivity contribution >= 4 is 27.7 Å². The predicted molar refractivity (Wildman–Crippen MR) is 83.6 cm³/mol. The molecule has 5 heteroatoms. The summed E-state index contributed by atoms with van der Waals surface area (Å²) < 4.78 is 7.81. The standard InChI is InChI=1S/C16H16BrNO3/c1-10-7-14(11(2)18(10)3)15(19)9-21-16(20)12-5-4-6-13(17)8-12/h4-8H,9H2,1-3H3. The third-order valence-electron chi connectivity index (χ3n) is 3.47. The average molecular weight is 350 g/mol. The monoisotopic (exact) mass is 349 g/mol. The Kier molecular flexibility index (Phi) is 4.63. The number of aryl methyl sites for hydroxylation is 1. The van der Waals surface area contributed by atoms with Gasteiger partial charge < -0.3 is 9.30 Å². The van der Waals surface area contributed by atoms with Gasteiger partial charge in [0.15, 0.2) is 6.61 Å². The van der Waals surface area contributed by atoms with E-state index in [0.717, 1.165) is 15.9 Å². The van der Waals surface area contributed by atoms with Gasteiger partial charge in [-0.15, -0.1) is 0 Å². The number of aromatic nitrogens is 1. The van der Waals surface area contributed by atoms with E-state index in [0.29, 0.717) is 11.1 Å². The first-order valence-corrected chi connectivity index (χ1v) is 7.28. The van der Waals surface area contributed by atoms with Crippen LogP contribution in [0.2, 0.25) is 0 Å². The molecular weight excluding hydrogens is 334 g/mol. The van der Waals surface area contributed by atoms with Crippen LogP contribution < -0.4 is 0 Å². The van der Waals surface area contributed by atoms with Gasteiger partial charge in [-0.3, -0.25) is 4.79 Å². The van der Waals surface area contributed by atoms with Crippen molar-refractivity contribution in [1.82, 2.24) is 4.57 Å². The molecule has 0 unspecified atom stereocenters. The molecule has 21 heavy (non-hydrogen) atoms. The highest BCUT2D eigenvalue weighted by Crippen LogP contribution is 2.15. The Morgan fingerprint density at radius 2 is 1.95 bits per heavy atom. The molecule has 0 fully saturated rings. The quantitative estimate of drug-likeness (QED) is 0.627. The maximum Gasteiger partial charge on any atom is 0.338 e. The molecule has 0 aliphatic carbocycles. The molecule has 0 aliphatic rings. The molecule has 1 aromatic carbocycles. The molecule has 0 bridgehead atoms. The summed E-state index contributed by atoms with van der Waals surface area (Å²) in [6.45, 7) is 3.54. The highest BCUT2D eigenvalue weighted by molar-refractivity contribution is 9.10. The van der Waals surface area contributed by atoms with E-state index in [1.807, 2.05) is 37.6 Å². The molecular formula is C16H16BrNO3. The third-order valence-corrected chi connectivity index (χ3v) is 3.96. The summed E-state index contributed by atoms with van der Waals surface area (Å²) >= 11 is 3.29. The van der Waals surface area contributed by atoms with E-state index < -0.39 is 5.97 Å². The van der Waals surface area contributed by atoms with Gasteiger partial charge in [0, 0.05) is 28.5 Å². The van der Waals surface area contributed by atoms with Gasteiger partial charge in [0.1, 0.15) is 0 Å². The summed E-state index contributed by atoms with van der Waals surface area (Å²) in [5.41, 5.74) is 2.88. The van der Waals surface area contributed by atoms with Crippen molar-refractivity contribution in [1.29, 1.82) is 0 Å². The minimum absolute atomic E-state index is 0.195. The van der Waals surface area contributed by atoms with Crippen LogP contribution in [0.1, 0.15) is 32.1 Å². The highest BCUT2D eigenvalue weighted by Gasteiger charge is 2.16. The lowest BCUT2D eigenvalue weighted by molar-refractivity contribution is 0.0474. The Bertz CT molecular complexity index is 704. The summed E-state index contributed by atoms with van der Waals surface area (Å²) in [6, 6.07) is 8.68. The summed E-state index contributed by atoms with van der Waals surface area (Å²) in [5, 5.41) is 0. The van der Waals surface area contributed by atoms with Gasteiger partial charge >= 0.3 is 5.97 Å². The Labute approximate surface area is 131 Å². The number of carbonyl (C=O) groups excluding carboxylic acids is 2. The third kappa shape index (κ3) is 3.42. The summed E-state index contributed by atoms with van der Waals surface area (Å²) in [4.78, 5) is 24.0. The van der Waals surface area contributed by atoms with Gasteiger partial charge in [-0.2, -0.15) is 0 Å². The number of hydrogen-bond donors (Lipinski definition) is 0. The van der Waals surface area contributed by atoms with Crippen molar-refractivity contribution in [2.24, 2.45) is 7.05 Å². The van der Waals surface area contributed by atoms with Crippen LogP contribution in [0.25, 0.3) is 0 Å². The first-order valence-electron chi connectivity index (χ1n) is 6.49. The van der Waals surface area contributed by atoms with E-state index in [2.05, 4.69) is 15.9 Å². The van der Waals surface area contributed by atoms with Crippen LogP contribution in [0.5, 0.6) is 0 Å². The number of rotatable bonds is 4. The SMILES string of the molecule is Cc1cc(C(=O)COC(=O)c2cccc(Br)c2)c(C)n1C. The number of esters is 1. The van der Waals surface area contributed by atoms with Gasteiger partial charge in [-0.25, -0.2) is 4.79 Å². The van der Waals surface area contributed by atoms with Gasteiger partial charge in [0.25, 0.3) is 0 Å². The second-order valence-corrected chi connectivity index (χ2v) is 5.77. The fourth-order valence-electron chi connectivity index (χ4n) is 2.05. The van der Waals surface area contributed by atoms with Crippen molar-refractivity contribution in [3.63, 3.8) is 0 Å². The maximum absolute atomic E-state index is 12.1. The van der Waals surface area contributed by atoms with Gasteiger partial charge in [-0.05, 0) is 38.1 Å². The molecule has 0 radical (unpaired) electrons. The highest BCUT2D eigenvalue weighted by atomic mass is 79.9. The minimum atomic E-state index is -0.505. The molecule has 0 saturated heterocycles. The zero-order valence-electron chi connectivity index (χ0n) is 12.1. The van der Waals surface area contributed by atoms with E-state index in [4.69, 9.17) is 4.74 Å². The number of ether oxygens (including phenoxy) is 1. The van der Waals surface area contributed by atoms with Crippen molar-refractivity contribution < 1.29 is 14.3 Å². The zero-order valence-corrected chi connectivity index (χ0v) is 13.7. The minimum Gasteiger partial charge on any atom is -0.454 e. The molecule has 0 aliphatic heterocycles. The lowest BCUT2D eigenvalue weighted by Gasteiger charge is -2.05. The largest absolute Gasteiger partial charge is 0.454 e. The van der Waals surface area contributed by atoms with Crippen molar-refractivity contribution in [2.75, 3.05) is 6.61 Å². The number of Topliss-reactive ketones (excluding diaryl/α,β-unsaturated/α-hetero) is 1. The molecule has 0 amide bonds. The van der Waals surface area contributed by atoms with Gasteiger partial charge in [0.2, 0.25) is 5.78 Å². The van der Waals surface area contributed by atoms with E-state index in [9.17, 15) is 9.59 Å². The Balaban J connectivity index is 2.04. The fourth-order valence-corrected chi connectivity index (χ4v) is 2.44. The van der Waals surface area contributed by atoms with Crippen LogP contribution in [-0.4, -0.2) is 22.9 Å². The maximum atomic E-state index is 12.1. The number of carbonyl (C=O) groups is 2. The van der Waals surface area contributed by atoms with Gasteiger partial charge in [0.05, 0.1) is 5.56 Å².